The van der Waals surface area contributed by atoms with Gasteiger partial charge in [-0.05, 0) is 66.9 Å². The highest BCUT2D eigenvalue weighted by atomic mass is 16.3. The Morgan fingerprint density at radius 2 is 1.21 bits per heavy atom. The van der Waals surface area contributed by atoms with E-state index in [2.05, 4.69) is 132 Å². The second-order valence-electron chi connectivity index (χ2n) is 14.9. The summed E-state index contributed by atoms with van der Waals surface area (Å²) >= 11 is 0. The third kappa shape index (κ3) is 5.48. The van der Waals surface area contributed by atoms with E-state index in [1.807, 2.05) is 30.5 Å². The maximum Gasteiger partial charge on any atom is 0.165 e. The molecule has 0 bridgehead atoms. The summed E-state index contributed by atoms with van der Waals surface area (Å²) in [6.07, 6.45) is 7.78. The maximum atomic E-state index is 6.74. The quantitative estimate of drug-likeness (QED) is 0.171. The fourth-order valence-electron chi connectivity index (χ4n) is 8.73. The number of fused-ring (bicyclic) bond motifs is 7. The van der Waals surface area contributed by atoms with Crippen molar-refractivity contribution in [1.29, 1.82) is 0 Å². The summed E-state index contributed by atoms with van der Waals surface area (Å²) in [6.45, 7) is 0. The van der Waals surface area contributed by atoms with Crippen molar-refractivity contribution in [3.63, 3.8) is 0 Å². The number of aromatic nitrogens is 5. The number of furan rings is 1. The first-order valence-electron chi connectivity index (χ1n) is 19.6. The topological polar surface area (TPSA) is 69.6 Å². The number of para-hydroxylation sites is 2. The number of pyridine rings is 1. The van der Waals surface area contributed by atoms with Gasteiger partial charge < -0.3 is 8.98 Å². The van der Waals surface area contributed by atoms with Gasteiger partial charge in [0, 0.05) is 56.2 Å². The third-order valence-electron chi connectivity index (χ3n) is 11.4. The minimum atomic E-state index is 0.303. The van der Waals surface area contributed by atoms with Crippen LogP contribution in [-0.2, 0) is 0 Å². The average molecular weight is 724 g/mol. The third-order valence-corrected chi connectivity index (χ3v) is 11.4. The van der Waals surface area contributed by atoms with Crippen LogP contribution in [0.4, 0.5) is 0 Å². The molecule has 4 heterocycles. The zero-order valence-corrected chi connectivity index (χ0v) is 30.8. The minimum Gasteiger partial charge on any atom is -0.456 e. The molecule has 1 fully saturated rings. The smallest absolute Gasteiger partial charge is 0.165 e. The van der Waals surface area contributed by atoms with Crippen molar-refractivity contribution in [2.75, 3.05) is 0 Å². The van der Waals surface area contributed by atoms with Gasteiger partial charge in [-0.2, -0.15) is 0 Å². The van der Waals surface area contributed by atoms with Crippen LogP contribution in [0, 0.1) is 0 Å². The minimum absolute atomic E-state index is 0.303. The summed E-state index contributed by atoms with van der Waals surface area (Å²) in [5.74, 6) is 2.50. The van der Waals surface area contributed by atoms with Crippen molar-refractivity contribution in [2.45, 2.75) is 38.0 Å². The van der Waals surface area contributed by atoms with E-state index in [4.69, 9.17) is 24.4 Å². The number of nitrogens with zero attached hydrogens (tertiary/aromatic N) is 5. The van der Waals surface area contributed by atoms with Crippen LogP contribution < -0.4 is 0 Å². The first-order valence-corrected chi connectivity index (χ1v) is 19.6. The van der Waals surface area contributed by atoms with Crippen LogP contribution in [0.2, 0.25) is 0 Å². The van der Waals surface area contributed by atoms with Gasteiger partial charge in [-0.1, -0.05) is 122 Å². The molecule has 6 nitrogen and oxygen atoms in total. The average Bonchev–Trinajstić information content (AvgIpc) is 3.82. The second-order valence-corrected chi connectivity index (χ2v) is 14.9. The number of rotatable bonds is 6. The maximum absolute atomic E-state index is 6.74. The SMILES string of the molecule is c1ccc(-c2cnc(-c3ccc4c(c3)oc3ccc5c6ccccc6n(-c6ccccc6)c5c34)c(-c3nc(-c4ccccc4)nc(C4CCCCC4)n3)c2)cc1. The van der Waals surface area contributed by atoms with Crippen LogP contribution in [0.1, 0.15) is 43.8 Å². The van der Waals surface area contributed by atoms with Crippen LogP contribution >= 0.6 is 0 Å². The van der Waals surface area contributed by atoms with Gasteiger partial charge in [0.05, 0.1) is 22.1 Å². The van der Waals surface area contributed by atoms with Crippen LogP contribution in [-0.4, -0.2) is 24.5 Å². The molecule has 0 unspecified atom stereocenters. The van der Waals surface area contributed by atoms with Crippen molar-refractivity contribution < 1.29 is 4.42 Å². The number of hydrogen-bond acceptors (Lipinski definition) is 5. The molecule has 268 valence electrons. The summed E-state index contributed by atoms with van der Waals surface area (Å²) in [6, 6.07) is 52.9. The standard InChI is InChI=1S/C50H37N5O/c1-5-15-32(16-6-1)36-29-41(50-53-48(33-17-7-2-8-18-33)52-49(54-50)34-19-9-3-10-20-34)46(51-31-36)35-25-26-40-44(30-35)56-43-28-27-39-38-23-13-14-24-42(38)55(47(39)45(40)43)37-21-11-4-12-22-37/h1-2,4-8,11-18,21-31,34H,3,9-10,19-20H2. The molecular weight excluding hydrogens is 687 g/mol. The molecule has 0 N–H and O–H groups in total. The van der Waals surface area contributed by atoms with E-state index in [0.29, 0.717) is 17.6 Å². The van der Waals surface area contributed by atoms with Crippen LogP contribution in [0.15, 0.2) is 162 Å². The van der Waals surface area contributed by atoms with Crippen molar-refractivity contribution >= 4 is 43.7 Å². The molecular formula is C50H37N5O. The van der Waals surface area contributed by atoms with Crippen molar-refractivity contribution in [3.8, 4) is 50.8 Å². The summed E-state index contributed by atoms with van der Waals surface area (Å²) in [5.41, 5.74) is 10.7. The summed E-state index contributed by atoms with van der Waals surface area (Å²) in [4.78, 5) is 20.8. The Bertz CT molecular complexity index is 3050. The number of benzene rings is 6. The molecule has 11 rings (SSSR count). The van der Waals surface area contributed by atoms with Crippen LogP contribution in [0.25, 0.3) is 94.6 Å². The Kier molecular flexibility index (Phi) is 7.80. The van der Waals surface area contributed by atoms with E-state index in [0.717, 1.165) is 85.3 Å². The van der Waals surface area contributed by atoms with Gasteiger partial charge >= 0.3 is 0 Å². The van der Waals surface area contributed by atoms with E-state index in [1.165, 1.54) is 35.6 Å². The molecule has 0 spiro atoms. The Morgan fingerprint density at radius 1 is 0.518 bits per heavy atom. The van der Waals surface area contributed by atoms with E-state index in [1.54, 1.807) is 0 Å². The largest absolute Gasteiger partial charge is 0.456 e. The van der Waals surface area contributed by atoms with Crippen molar-refractivity contribution in [3.05, 3.63) is 164 Å². The molecule has 1 saturated carbocycles. The van der Waals surface area contributed by atoms with Crippen molar-refractivity contribution in [2.24, 2.45) is 0 Å². The normalized spacial score (nSPS) is 13.6. The summed E-state index contributed by atoms with van der Waals surface area (Å²) in [7, 11) is 0. The zero-order chi connectivity index (χ0) is 37.0. The molecule has 10 aromatic rings. The van der Waals surface area contributed by atoms with E-state index in [9.17, 15) is 0 Å². The highest BCUT2D eigenvalue weighted by Crippen LogP contribution is 2.43. The molecule has 0 radical (unpaired) electrons. The lowest BCUT2D eigenvalue weighted by Gasteiger charge is -2.21. The predicted molar refractivity (Wildman–Crippen MR) is 227 cm³/mol. The zero-order valence-electron chi connectivity index (χ0n) is 30.8. The highest BCUT2D eigenvalue weighted by molar-refractivity contribution is 6.24. The van der Waals surface area contributed by atoms with E-state index >= 15 is 0 Å². The molecule has 6 aromatic carbocycles. The first-order chi connectivity index (χ1) is 27.8. The van der Waals surface area contributed by atoms with Gasteiger partial charge in [0.25, 0.3) is 0 Å². The molecule has 0 amide bonds. The fourth-order valence-corrected chi connectivity index (χ4v) is 8.73. The molecule has 1 aliphatic carbocycles. The Balaban J connectivity index is 1.13. The molecule has 4 aromatic heterocycles. The van der Waals surface area contributed by atoms with Gasteiger partial charge in [-0.25, -0.2) is 15.0 Å². The summed E-state index contributed by atoms with van der Waals surface area (Å²) < 4.78 is 9.11. The van der Waals surface area contributed by atoms with Gasteiger partial charge in [0.15, 0.2) is 11.6 Å². The van der Waals surface area contributed by atoms with E-state index < -0.39 is 0 Å². The monoisotopic (exact) mass is 723 g/mol. The first kappa shape index (κ1) is 32.5. The van der Waals surface area contributed by atoms with Gasteiger partial charge in [-0.15, -0.1) is 0 Å². The molecule has 0 atom stereocenters. The Labute approximate surface area is 324 Å². The van der Waals surface area contributed by atoms with Gasteiger partial charge in [0.1, 0.15) is 17.0 Å². The van der Waals surface area contributed by atoms with E-state index in [-0.39, 0.29) is 0 Å². The molecule has 6 heteroatoms. The van der Waals surface area contributed by atoms with Crippen LogP contribution in [0.3, 0.4) is 0 Å². The summed E-state index contributed by atoms with van der Waals surface area (Å²) in [5, 5.41) is 4.56. The Hall–Kier alpha value is -6.92. The van der Waals surface area contributed by atoms with Crippen molar-refractivity contribution in [1.82, 2.24) is 24.5 Å². The van der Waals surface area contributed by atoms with Gasteiger partial charge in [-0.3, -0.25) is 4.98 Å². The van der Waals surface area contributed by atoms with Crippen LogP contribution in [0.5, 0.6) is 0 Å². The molecule has 1 aliphatic rings. The second kappa shape index (κ2) is 13.4. The Morgan fingerprint density at radius 3 is 2.02 bits per heavy atom. The number of hydrogen-bond donors (Lipinski definition) is 0. The molecule has 0 aliphatic heterocycles. The predicted octanol–water partition coefficient (Wildman–Crippen LogP) is 13.0. The molecule has 0 saturated heterocycles. The van der Waals surface area contributed by atoms with Gasteiger partial charge in [0.2, 0.25) is 0 Å². The lowest BCUT2D eigenvalue weighted by Crippen LogP contribution is -2.12. The highest BCUT2D eigenvalue weighted by Gasteiger charge is 2.24. The fraction of sp³-hybridized carbons (Fsp3) is 0.120. The molecule has 56 heavy (non-hydrogen) atoms. The lowest BCUT2D eigenvalue weighted by atomic mass is 9.88. The lowest BCUT2D eigenvalue weighted by molar-refractivity contribution is 0.428.